The van der Waals surface area contributed by atoms with Gasteiger partial charge in [-0.1, -0.05) is 23.7 Å². The van der Waals surface area contributed by atoms with Crippen LogP contribution in [-0.2, 0) is 6.54 Å². The summed E-state index contributed by atoms with van der Waals surface area (Å²) in [7, 11) is 0. The summed E-state index contributed by atoms with van der Waals surface area (Å²) in [4.78, 5) is 15.7. The van der Waals surface area contributed by atoms with E-state index < -0.39 is 6.61 Å². The van der Waals surface area contributed by atoms with Crippen LogP contribution < -0.4 is 10.1 Å². The minimum atomic E-state index is -2.86. The summed E-state index contributed by atoms with van der Waals surface area (Å²) in [6.45, 7) is -2.62. The van der Waals surface area contributed by atoms with E-state index >= 15 is 0 Å². The van der Waals surface area contributed by atoms with Crippen LogP contribution in [0.3, 0.4) is 0 Å². The molecule has 0 aliphatic heterocycles. The fourth-order valence-electron chi connectivity index (χ4n) is 1.59. The number of nitrogens with one attached hydrogen (secondary N) is 1. The molecule has 0 bridgehead atoms. The van der Waals surface area contributed by atoms with Gasteiger partial charge in [0, 0.05) is 17.8 Å². The number of alkyl halides is 2. The van der Waals surface area contributed by atoms with Crippen LogP contribution in [0.5, 0.6) is 5.75 Å². The number of pyridine rings is 1. The van der Waals surface area contributed by atoms with Crippen LogP contribution in [0.25, 0.3) is 0 Å². The van der Waals surface area contributed by atoms with Crippen molar-refractivity contribution in [2.45, 2.75) is 13.2 Å². The standard InChI is InChI=1S/C14H11ClF2N2O2/c15-10-5-6-18-12(7-10)13(20)19-8-9-1-3-11(4-2-9)21-14(16)17/h1-7,14H,8H2,(H,19,20). The molecule has 0 radical (unpaired) electrons. The molecule has 1 amide bonds. The summed E-state index contributed by atoms with van der Waals surface area (Å²) in [5.41, 5.74) is 0.951. The lowest BCUT2D eigenvalue weighted by atomic mass is 10.2. The first-order chi connectivity index (χ1) is 10.0. The highest BCUT2D eigenvalue weighted by Gasteiger charge is 2.08. The summed E-state index contributed by atoms with van der Waals surface area (Å²) in [6, 6.07) is 9.01. The van der Waals surface area contributed by atoms with Crippen molar-refractivity contribution in [1.29, 1.82) is 0 Å². The van der Waals surface area contributed by atoms with Crippen molar-refractivity contribution in [2.24, 2.45) is 0 Å². The zero-order valence-electron chi connectivity index (χ0n) is 10.7. The van der Waals surface area contributed by atoms with E-state index in [0.717, 1.165) is 5.56 Å². The average molecular weight is 313 g/mol. The summed E-state index contributed by atoms with van der Waals surface area (Å²) >= 11 is 5.77. The lowest BCUT2D eigenvalue weighted by Gasteiger charge is -2.07. The molecular weight excluding hydrogens is 302 g/mol. The van der Waals surface area contributed by atoms with Crippen molar-refractivity contribution < 1.29 is 18.3 Å². The largest absolute Gasteiger partial charge is 0.435 e. The number of carbonyl (C=O) groups is 1. The SMILES string of the molecule is O=C(NCc1ccc(OC(F)F)cc1)c1cc(Cl)ccn1. The molecule has 7 heteroatoms. The monoisotopic (exact) mass is 312 g/mol. The Labute approximate surface area is 124 Å². The third-order valence-electron chi connectivity index (χ3n) is 2.56. The Hall–Kier alpha value is -2.21. The van der Waals surface area contributed by atoms with E-state index in [-0.39, 0.29) is 23.9 Å². The molecule has 0 spiro atoms. The Balaban J connectivity index is 1.92. The average Bonchev–Trinajstić information content (AvgIpc) is 2.45. The Morgan fingerprint density at radius 2 is 2.00 bits per heavy atom. The Kier molecular flexibility index (Phi) is 5.05. The van der Waals surface area contributed by atoms with E-state index in [0.29, 0.717) is 5.02 Å². The van der Waals surface area contributed by atoms with Gasteiger partial charge < -0.3 is 10.1 Å². The molecule has 1 N–H and O–H groups in total. The highest BCUT2D eigenvalue weighted by Crippen LogP contribution is 2.15. The Morgan fingerprint density at radius 3 is 2.62 bits per heavy atom. The number of ether oxygens (including phenoxy) is 1. The van der Waals surface area contributed by atoms with Gasteiger partial charge in [0.15, 0.2) is 0 Å². The molecule has 0 fully saturated rings. The van der Waals surface area contributed by atoms with Gasteiger partial charge in [-0.15, -0.1) is 0 Å². The van der Waals surface area contributed by atoms with Crippen LogP contribution in [0.4, 0.5) is 8.78 Å². The highest BCUT2D eigenvalue weighted by molar-refractivity contribution is 6.30. The maximum atomic E-state index is 12.0. The smallest absolute Gasteiger partial charge is 0.387 e. The van der Waals surface area contributed by atoms with Gasteiger partial charge in [0.2, 0.25) is 0 Å². The lowest BCUT2D eigenvalue weighted by molar-refractivity contribution is -0.0498. The molecule has 0 unspecified atom stereocenters. The van der Waals surface area contributed by atoms with Crippen molar-refractivity contribution >= 4 is 17.5 Å². The predicted molar refractivity (Wildman–Crippen MR) is 73.5 cm³/mol. The molecule has 0 saturated carbocycles. The summed E-state index contributed by atoms with van der Waals surface area (Å²) in [5.74, 6) is -0.304. The fraction of sp³-hybridized carbons (Fsp3) is 0.143. The van der Waals surface area contributed by atoms with Gasteiger partial charge in [0.05, 0.1) is 0 Å². The van der Waals surface area contributed by atoms with Crippen molar-refractivity contribution in [1.82, 2.24) is 10.3 Å². The van der Waals surface area contributed by atoms with Crippen LogP contribution in [0.1, 0.15) is 16.1 Å². The minimum absolute atomic E-state index is 0.0663. The van der Waals surface area contributed by atoms with E-state index in [2.05, 4.69) is 15.0 Å². The van der Waals surface area contributed by atoms with Crippen LogP contribution in [0.15, 0.2) is 42.6 Å². The van der Waals surface area contributed by atoms with Crippen LogP contribution in [0.2, 0.25) is 5.02 Å². The molecule has 1 aromatic heterocycles. The molecule has 0 aliphatic rings. The Bertz CT molecular complexity index is 621. The van der Waals surface area contributed by atoms with E-state index in [9.17, 15) is 13.6 Å². The molecule has 0 atom stereocenters. The van der Waals surface area contributed by atoms with Gasteiger partial charge in [0.25, 0.3) is 5.91 Å². The van der Waals surface area contributed by atoms with Gasteiger partial charge >= 0.3 is 6.61 Å². The molecule has 1 heterocycles. The van der Waals surface area contributed by atoms with Gasteiger partial charge in [-0.25, -0.2) is 0 Å². The molecule has 110 valence electrons. The third kappa shape index (κ3) is 4.68. The number of benzene rings is 1. The number of hydrogen-bond acceptors (Lipinski definition) is 3. The first kappa shape index (κ1) is 15.2. The van der Waals surface area contributed by atoms with E-state index in [1.54, 1.807) is 18.2 Å². The lowest BCUT2D eigenvalue weighted by Crippen LogP contribution is -2.23. The van der Waals surface area contributed by atoms with Crippen molar-refractivity contribution in [3.05, 3.63) is 58.9 Å². The second-order valence-electron chi connectivity index (χ2n) is 4.06. The van der Waals surface area contributed by atoms with Gasteiger partial charge in [0.1, 0.15) is 11.4 Å². The normalized spacial score (nSPS) is 10.5. The Morgan fingerprint density at radius 1 is 1.29 bits per heavy atom. The number of carbonyl (C=O) groups excluding carboxylic acids is 1. The zero-order valence-corrected chi connectivity index (χ0v) is 11.5. The summed E-state index contributed by atoms with van der Waals surface area (Å²) in [6.07, 6.45) is 1.44. The molecule has 21 heavy (non-hydrogen) atoms. The molecule has 0 saturated heterocycles. The molecule has 2 aromatic rings. The third-order valence-corrected chi connectivity index (χ3v) is 2.79. The molecule has 1 aromatic carbocycles. The van der Waals surface area contributed by atoms with Crippen molar-refractivity contribution in [3.63, 3.8) is 0 Å². The molecule has 0 aliphatic carbocycles. The van der Waals surface area contributed by atoms with E-state index in [4.69, 9.17) is 11.6 Å². The minimum Gasteiger partial charge on any atom is -0.435 e. The molecule has 4 nitrogen and oxygen atoms in total. The number of amides is 1. The summed E-state index contributed by atoms with van der Waals surface area (Å²) in [5, 5.41) is 3.07. The maximum Gasteiger partial charge on any atom is 0.387 e. The van der Waals surface area contributed by atoms with Gasteiger partial charge in [-0.2, -0.15) is 8.78 Å². The number of halogens is 3. The number of aromatic nitrogens is 1. The van der Waals surface area contributed by atoms with Crippen LogP contribution >= 0.6 is 11.6 Å². The fourth-order valence-corrected chi connectivity index (χ4v) is 1.75. The second kappa shape index (κ2) is 6.99. The van der Waals surface area contributed by atoms with E-state index in [1.165, 1.54) is 24.4 Å². The number of nitrogens with zero attached hydrogens (tertiary/aromatic N) is 1. The molecular formula is C14H11ClF2N2O2. The van der Waals surface area contributed by atoms with Gasteiger partial charge in [-0.3, -0.25) is 9.78 Å². The highest BCUT2D eigenvalue weighted by atomic mass is 35.5. The van der Waals surface area contributed by atoms with Crippen molar-refractivity contribution in [2.75, 3.05) is 0 Å². The van der Waals surface area contributed by atoms with Crippen LogP contribution in [-0.4, -0.2) is 17.5 Å². The zero-order chi connectivity index (χ0) is 15.2. The second-order valence-corrected chi connectivity index (χ2v) is 4.50. The number of hydrogen-bond donors (Lipinski definition) is 1. The quantitative estimate of drug-likeness (QED) is 0.922. The van der Waals surface area contributed by atoms with Crippen LogP contribution in [0, 0.1) is 0 Å². The van der Waals surface area contributed by atoms with Gasteiger partial charge in [-0.05, 0) is 29.8 Å². The topological polar surface area (TPSA) is 51.2 Å². The van der Waals surface area contributed by atoms with E-state index in [1.807, 2.05) is 0 Å². The number of rotatable bonds is 5. The predicted octanol–water partition coefficient (Wildman–Crippen LogP) is 3.27. The molecule has 2 rings (SSSR count). The first-order valence-electron chi connectivity index (χ1n) is 5.98. The van der Waals surface area contributed by atoms with Crippen molar-refractivity contribution in [3.8, 4) is 5.75 Å². The summed E-state index contributed by atoms with van der Waals surface area (Å²) < 4.78 is 28.2. The first-order valence-corrected chi connectivity index (χ1v) is 6.36. The maximum absolute atomic E-state index is 12.0.